The van der Waals surface area contributed by atoms with Gasteiger partial charge in [-0.15, -0.1) is 0 Å². The Balaban J connectivity index is 2.38. The molecule has 1 aromatic carbocycles. The number of benzene rings is 1. The molecule has 4 nitrogen and oxygen atoms in total. The first-order valence-electron chi connectivity index (χ1n) is 5.69. The van der Waals surface area contributed by atoms with Crippen molar-refractivity contribution in [2.24, 2.45) is 5.73 Å². The summed E-state index contributed by atoms with van der Waals surface area (Å²) in [4.78, 5) is 0. The number of nitrogens with two attached hydrogens (primary N) is 1. The summed E-state index contributed by atoms with van der Waals surface area (Å²) in [5.74, 6) is 2.21. The van der Waals surface area contributed by atoms with Crippen molar-refractivity contribution >= 4 is 0 Å². The van der Waals surface area contributed by atoms with Crippen LogP contribution >= 0.6 is 0 Å². The molecular weight excluding hydrogens is 218 g/mol. The van der Waals surface area contributed by atoms with Crippen molar-refractivity contribution in [1.82, 2.24) is 0 Å². The van der Waals surface area contributed by atoms with E-state index in [9.17, 15) is 0 Å². The molecule has 0 saturated heterocycles. The first-order chi connectivity index (χ1) is 8.11. The van der Waals surface area contributed by atoms with Gasteiger partial charge in [0.05, 0.1) is 21.3 Å². The molecule has 1 aliphatic rings. The predicted molar refractivity (Wildman–Crippen MR) is 66.0 cm³/mol. The zero-order valence-corrected chi connectivity index (χ0v) is 10.6. The zero-order valence-electron chi connectivity index (χ0n) is 10.6. The van der Waals surface area contributed by atoms with Crippen LogP contribution in [0.15, 0.2) is 12.1 Å². The monoisotopic (exact) mass is 237 g/mol. The molecule has 0 atom stereocenters. The van der Waals surface area contributed by atoms with E-state index in [1.807, 2.05) is 12.1 Å². The Morgan fingerprint density at radius 1 is 1.12 bits per heavy atom. The van der Waals surface area contributed by atoms with Crippen molar-refractivity contribution in [2.45, 2.75) is 24.8 Å². The highest BCUT2D eigenvalue weighted by atomic mass is 16.5. The molecule has 0 radical (unpaired) electrons. The summed E-state index contributed by atoms with van der Waals surface area (Å²) in [5.41, 5.74) is 7.13. The number of ether oxygens (including phenoxy) is 3. The molecule has 0 aromatic heterocycles. The molecule has 0 spiro atoms. The maximum Gasteiger partial charge on any atom is 0.164 e. The van der Waals surface area contributed by atoms with Gasteiger partial charge in [0, 0.05) is 17.2 Å². The lowest BCUT2D eigenvalue weighted by molar-refractivity contribution is 0.344. The van der Waals surface area contributed by atoms with E-state index in [1.165, 1.54) is 0 Å². The zero-order chi connectivity index (χ0) is 12.5. The second-order valence-electron chi connectivity index (χ2n) is 4.56. The van der Waals surface area contributed by atoms with Crippen LogP contribution in [-0.2, 0) is 6.42 Å². The van der Waals surface area contributed by atoms with E-state index < -0.39 is 0 Å². The molecule has 0 heterocycles. The van der Waals surface area contributed by atoms with Crippen molar-refractivity contribution in [2.75, 3.05) is 21.3 Å². The third kappa shape index (κ3) is 2.47. The van der Waals surface area contributed by atoms with Crippen LogP contribution in [0, 0.1) is 0 Å². The van der Waals surface area contributed by atoms with Gasteiger partial charge in [0.25, 0.3) is 0 Å². The van der Waals surface area contributed by atoms with Gasteiger partial charge in [-0.3, -0.25) is 0 Å². The van der Waals surface area contributed by atoms with Crippen molar-refractivity contribution in [3.63, 3.8) is 0 Å². The summed E-state index contributed by atoms with van der Waals surface area (Å²) in [6.07, 6.45) is 2.93. The Kier molecular flexibility index (Phi) is 3.15. The minimum atomic E-state index is -0.0648. The highest BCUT2D eigenvalue weighted by Gasteiger charge is 2.39. The first-order valence-corrected chi connectivity index (χ1v) is 5.69. The molecular formula is C13H19NO3. The van der Waals surface area contributed by atoms with Gasteiger partial charge >= 0.3 is 0 Å². The van der Waals surface area contributed by atoms with Crippen molar-refractivity contribution in [3.05, 3.63) is 17.7 Å². The third-order valence-corrected chi connectivity index (χ3v) is 3.20. The van der Waals surface area contributed by atoms with Crippen LogP contribution in [0.1, 0.15) is 18.4 Å². The van der Waals surface area contributed by atoms with E-state index in [4.69, 9.17) is 19.9 Å². The van der Waals surface area contributed by atoms with E-state index in [0.717, 1.165) is 36.3 Å². The lowest BCUT2D eigenvalue weighted by atomic mass is 10.0. The van der Waals surface area contributed by atoms with Gasteiger partial charge in [-0.05, 0) is 25.3 Å². The van der Waals surface area contributed by atoms with Gasteiger partial charge in [-0.1, -0.05) is 0 Å². The second kappa shape index (κ2) is 4.45. The molecule has 94 valence electrons. The van der Waals surface area contributed by atoms with Crippen LogP contribution in [0.5, 0.6) is 17.2 Å². The number of rotatable bonds is 5. The molecule has 1 aliphatic carbocycles. The Labute approximate surface area is 102 Å². The first kappa shape index (κ1) is 12.0. The fourth-order valence-electron chi connectivity index (χ4n) is 1.98. The van der Waals surface area contributed by atoms with Crippen molar-refractivity contribution in [3.8, 4) is 17.2 Å². The standard InChI is InChI=1S/C13H19NO3/c1-15-10-6-9(8-13(14)4-5-13)12(17-3)11(7-10)16-2/h6-7H,4-5,8,14H2,1-3H3. The number of hydrogen-bond acceptors (Lipinski definition) is 4. The minimum Gasteiger partial charge on any atom is -0.497 e. The fourth-order valence-corrected chi connectivity index (χ4v) is 1.98. The fraction of sp³-hybridized carbons (Fsp3) is 0.538. The van der Waals surface area contributed by atoms with Crippen LogP contribution in [0.2, 0.25) is 0 Å². The topological polar surface area (TPSA) is 53.7 Å². The maximum absolute atomic E-state index is 6.15. The molecule has 17 heavy (non-hydrogen) atoms. The molecule has 1 saturated carbocycles. The molecule has 1 aromatic rings. The number of hydrogen-bond donors (Lipinski definition) is 1. The Bertz CT molecular complexity index is 413. The maximum atomic E-state index is 6.15. The van der Waals surface area contributed by atoms with Crippen molar-refractivity contribution < 1.29 is 14.2 Å². The van der Waals surface area contributed by atoms with Gasteiger partial charge < -0.3 is 19.9 Å². The highest BCUT2D eigenvalue weighted by molar-refractivity contribution is 5.52. The molecule has 0 bridgehead atoms. The molecule has 0 amide bonds. The molecule has 2 N–H and O–H groups in total. The van der Waals surface area contributed by atoms with E-state index in [1.54, 1.807) is 21.3 Å². The Morgan fingerprint density at radius 3 is 2.29 bits per heavy atom. The Morgan fingerprint density at radius 2 is 1.82 bits per heavy atom. The predicted octanol–water partition coefficient (Wildman–Crippen LogP) is 1.75. The summed E-state index contributed by atoms with van der Waals surface area (Å²) in [5, 5.41) is 0. The average Bonchev–Trinajstić information content (AvgIpc) is 3.05. The molecule has 4 heteroatoms. The lowest BCUT2D eigenvalue weighted by Crippen LogP contribution is -2.24. The SMILES string of the molecule is COc1cc(CC2(N)CC2)c(OC)c(OC)c1. The van der Waals surface area contributed by atoms with Gasteiger partial charge in [-0.25, -0.2) is 0 Å². The molecule has 2 rings (SSSR count). The largest absolute Gasteiger partial charge is 0.497 e. The van der Waals surface area contributed by atoms with Gasteiger partial charge in [-0.2, -0.15) is 0 Å². The summed E-state index contributed by atoms with van der Waals surface area (Å²) < 4.78 is 16.0. The minimum absolute atomic E-state index is 0.0648. The van der Waals surface area contributed by atoms with E-state index in [2.05, 4.69) is 0 Å². The molecule has 1 fully saturated rings. The van der Waals surface area contributed by atoms with Crippen LogP contribution in [0.4, 0.5) is 0 Å². The lowest BCUT2D eigenvalue weighted by Gasteiger charge is -2.17. The Hall–Kier alpha value is -1.42. The third-order valence-electron chi connectivity index (χ3n) is 3.20. The molecule has 0 aliphatic heterocycles. The smallest absolute Gasteiger partial charge is 0.164 e. The van der Waals surface area contributed by atoms with Crippen LogP contribution in [0.25, 0.3) is 0 Å². The average molecular weight is 237 g/mol. The second-order valence-corrected chi connectivity index (χ2v) is 4.56. The van der Waals surface area contributed by atoms with Crippen molar-refractivity contribution in [1.29, 1.82) is 0 Å². The number of methoxy groups -OCH3 is 3. The summed E-state index contributed by atoms with van der Waals surface area (Å²) in [7, 11) is 4.90. The quantitative estimate of drug-likeness (QED) is 0.847. The van der Waals surface area contributed by atoms with Gasteiger partial charge in [0.15, 0.2) is 11.5 Å². The van der Waals surface area contributed by atoms with E-state index in [-0.39, 0.29) is 5.54 Å². The van der Waals surface area contributed by atoms with Crippen LogP contribution in [0.3, 0.4) is 0 Å². The molecule has 0 unspecified atom stereocenters. The van der Waals surface area contributed by atoms with E-state index in [0.29, 0.717) is 5.75 Å². The summed E-state index contributed by atoms with van der Waals surface area (Å²) in [6, 6.07) is 3.78. The summed E-state index contributed by atoms with van der Waals surface area (Å²) in [6.45, 7) is 0. The summed E-state index contributed by atoms with van der Waals surface area (Å²) >= 11 is 0. The normalized spacial score (nSPS) is 16.5. The van der Waals surface area contributed by atoms with Crippen LogP contribution < -0.4 is 19.9 Å². The van der Waals surface area contributed by atoms with Crippen LogP contribution in [-0.4, -0.2) is 26.9 Å². The highest BCUT2D eigenvalue weighted by Crippen LogP contribution is 2.42. The van der Waals surface area contributed by atoms with Gasteiger partial charge in [0.2, 0.25) is 0 Å². The van der Waals surface area contributed by atoms with E-state index >= 15 is 0 Å². The van der Waals surface area contributed by atoms with Gasteiger partial charge in [0.1, 0.15) is 5.75 Å².